The van der Waals surface area contributed by atoms with Crippen LogP contribution in [-0.2, 0) is 6.18 Å². The Labute approximate surface area is 123 Å². The summed E-state index contributed by atoms with van der Waals surface area (Å²) >= 11 is 1.20. The molecule has 21 heavy (non-hydrogen) atoms. The number of carbonyl (C=O) groups excluding carboxylic acids is 1. The van der Waals surface area contributed by atoms with Crippen molar-refractivity contribution < 1.29 is 18.0 Å². The fourth-order valence-corrected chi connectivity index (χ4v) is 3.20. The van der Waals surface area contributed by atoms with Gasteiger partial charge in [0, 0.05) is 10.5 Å². The van der Waals surface area contributed by atoms with E-state index in [1.54, 1.807) is 24.3 Å². The molecule has 0 aliphatic carbocycles. The van der Waals surface area contributed by atoms with Gasteiger partial charge in [-0.2, -0.15) is 13.2 Å². The number of Topliss-reactive ketones (excluding diaryl/α,β-unsaturated/α-hetero) is 1. The van der Waals surface area contributed by atoms with Gasteiger partial charge in [-0.3, -0.25) is 4.79 Å². The van der Waals surface area contributed by atoms with Crippen LogP contribution in [0.25, 0.3) is 6.08 Å². The predicted octanol–water partition coefficient (Wildman–Crippen LogP) is 5.03. The molecule has 1 aliphatic heterocycles. The van der Waals surface area contributed by atoms with E-state index < -0.39 is 11.7 Å². The lowest BCUT2D eigenvalue weighted by molar-refractivity contribution is -0.137. The lowest BCUT2D eigenvalue weighted by Crippen LogP contribution is -2.07. The lowest BCUT2D eigenvalue weighted by Gasteiger charge is -2.10. The van der Waals surface area contributed by atoms with E-state index in [0.717, 1.165) is 11.0 Å². The number of alkyl halides is 3. The molecule has 106 valence electrons. The van der Waals surface area contributed by atoms with Crippen LogP contribution in [0.4, 0.5) is 13.2 Å². The van der Waals surface area contributed by atoms with Gasteiger partial charge in [0.1, 0.15) is 0 Å². The first-order valence-electron chi connectivity index (χ1n) is 6.16. The van der Waals surface area contributed by atoms with E-state index in [9.17, 15) is 18.0 Å². The largest absolute Gasteiger partial charge is 0.416 e. The zero-order valence-corrected chi connectivity index (χ0v) is 11.5. The molecule has 1 nitrogen and oxygen atoms in total. The molecule has 0 atom stereocenters. The molecule has 0 N–H and O–H groups in total. The highest BCUT2D eigenvalue weighted by Gasteiger charge is 2.33. The number of ketones is 1. The van der Waals surface area contributed by atoms with Crippen molar-refractivity contribution in [1.82, 2.24) is 0 Å². The molecule has 5 heteroatoms. The van der Waals surface area contributed by atoms with Gasteiger partial charge in [0.05, 0.1) is 10.5 Å². The number of allylic oxidation sites excluding steroid dienone is 1. The highest BCUT2D eigenvalue weighted by Crippen LogP contribution is 2.42. The first-order chi connectivity index (χ1) is 9.97. The van der Waals surface area contributed by atoms with Crippen LogP contribution in [0.5, 0.6) is 0 Å². The van der Waals surface area contributed by atoms with Gasteiger partial charge in [0.25, 0.3) is 0 Å². The van der Waals surface area contributed by atoms with Crippen molar-refractivity contribution in [3.63, 3.8) is 0 Å². The van der Waals surface area contributed by atoms with Gasteiger partial charge in [-0.15, -0.1) is 0 Å². The van der Waals surface area contributed by atoms with Crippen molar-refractivity contribution in [2.75, 3.05) is 0 Å². The highest BCUT2D eigenvalue weighted by molar-refractivity contribution is 8.04. The van der Waals surface area contributed by atoms with Crippen molar-refractivity contribution in [3.05, 3.63) is 70.1 Å². The molecule has 2 aromatic rings. The molecule has 0 saturated carbocycles. The monoisotopic (exact) mass is 306 g/mol. The third kappa shape index (κ3) is 2.61. The number of halogens is 3. The predicted molar refractivity (Wildman–Crippen MR) is 76.1 cm³/mol. The number of hydrogen-bond donors (Lipinski definition) is 0. The van der Waals surface area contributed by atoms with Crippen molar-refractivity contribution in [2.24, 2.45) is 0 Å². The van der Waals surface area contributed by atoms with Gasteiger partial charge in [-0.05, 0) is 29.8 Å². The van der Waals surface area contributed by atoms with Gasteiger partial charge < -0.3 is 0 Å². The SMILES string of the molecule is O=C1/C(=C/c2ccccc2C(F)(F)F)Sc2ccccc21. The average molecular weight is 306 g/mol. The molecule has 2 aromatic carbocycles. The van der Waals surface area contributed by atoms with E-state index in [2.05, 4.69) is 0 Å². The zero-order chi connectivity index (χ0) is 15.0. The quantitative estimate of drug-likeness (QED) is 0.687. The Balaban J connectivity index is 2.04. The lowest BCUT2D eigenvalue weighted by atomic mass is 10.0. The highest BCUT2D eigenvalue weighted by atomic mass is 32.2. The molecule has 0 radical (unpaired) electrons. The summed E-state index contributed by atoms with van der Waals surface area (Å²) in [5.74, 6) is -0.229. The van der Waals surface area contributed by atoms with Gasteiger partial charge in [0.2, 0.25) is 5.78 Å². The Morgan fingerprint density at radius 2 is 1.62 bits per heavy atom. The van der Waals surface area contributed by atoms with Crippen molar-refractivity contribution in [3.8, 4) is 0 Å². The third-order valence-corrected chi connectivity index (χ3v) is 4.23. The van der Waals surface area contributed by atoms with E-state index in [-0.39, 0.29) is 11.3 Å². The topological polar surface area (TPSA) is 17.1 Å². The molecule has 0 fully saturated rings. The molecular weight excluding hydrogens is 297 g/mol. The van der Waals surface area contributed by atoms with E-state index in [1.807, 2.05) is 0 Å². The number of carbonyl (C=O) groups is 1. The second-order valence-corrected chi connectivity index (χ2v) is 5.60. The minimum atomic E-state index is -4.44. The normalized spacial score (nSPS) is 16.3. The molecule has 1 aliphatic rings. The van der Waals surface area contributed by atoms with E-state index in [4.69, 9.17) is 0 Å². The van der Waals surface area contributed by atoms with Crippen LogP contribution in [0.15, 0.2) is 58.3 Å². The Bertz CT molecular complexity index is 747. The summed E-state index contributed by atoms with van der Waals surface area (Å²) in [7, 11) is 0. The fraction of sp³-hybridized carbons (Fsp3) is 0.0625. The van der Waals surface area contributed by atoms with E-state index >= 15 is 0 Å². The minimum absolute atomic E-state index is 0.00801. The molecule has 0 aromatic heterocycles. The molecule has 0 saturated heterocycles. The number of thioether (sulfide) groups is 1. The maximum absolute atomic E-state index is 13.0. The van der Waals surface area contributed by atoms with Crippen LogP contribution in [0, 0.1) is 0 Å². The first kappa shape index (κ1) is 13.9. The number of hydrogen-bond acceptors (Lipinski definition) is 2. The molecule has 0 unspecified atom stereocenters. The maximum Gasteiger partial charge on any atom is 0.416 e. The van der Waals surface area contributed by atoms with Crippen molar-refractivity contribution >= 4 is 23.6 Å². The molecule has 3 rings (SSSR count). The summed E-state index contributed by atoms with van der Waals surface area (Å²) in [5, 5.41) is 0. The maximum atomic E-state index is 13.0. The summed E-state index contributed by atoms with van der Waals surface area (Å²) < 4.78 is 38.9. The smallest absolute Gasteiger partial charge is 0.288 e. The summed E-state index contributed by atoms with van der Waals surface area (Å²) in [4.78, 5) is 13.3. The van der Waals surface area contributed by atoms with Crippen LogP contribution in [0.2, 0.25) is 0 Å². The van der Waals surface area contributed by atoms with Crippen LogP contribution in [0.3, 0.4) is 0 Å². The zero-order valence-electron chi connectivity index (χ0n) is 10.6. The standard InChI is InChI=1S/C16H9F3OS/c17-16(18,19)12-7-3-1-5-10(12)9-14-15(20)11-6-2-4-8-13(11)21-14/h1-9H/b14-9-. The Morgan fingerprint density at radius 3 is 2.33 bits per heavy atom. The number of fused-ring (bicyclic) bond motifs is 1. The summed E-state index contributed by atoms with van der Waals surface area (Å²) in [5.41, 5.74) is -0.186. The third-order valence-electron chi connectivity index (χ3n) is 3.13. The van der Waals surface area contributed by atoms with Gasteiger partial charge in [0.15, 0.2) is 0 Å². The average Bonchev–Trinajstić information content (AvgIpc) is 2.76. The van der Waals surface area contributed by atoms with Crippen molar-refractivity contribution in [2.45, 2.75) is 11.1 Å². The molecule has 0 spiro atoms. The van der Waals surface area contributed by atoms with E-state index in [1.165, 1.54) is 36.0 Å². The summed E-state index contributed by atoms with van der Waals surface area (Å²) in [6.07, 6.45) is -3.12. The second kappa shape index (κ2) is 5.07. The second-order valence-electron chi connectivity index (χ2n) is 4.52. The molecular formula is C16H9F3OS. The summed E-state index contributed by atoms with van der Waals surface area (Å²) in [6, 6.07) is 12.3. The number of benzene rings is 2. The fourth-order valence-electron chi connectivity index (χ4n) is 2.16. The van der Waals surface area contributed by atoms with Crippen LogP contribution < -0.4 is 0 Å². The van der Waals surface area contributed by atoms with Gasteiger partial charge in [-0.1, -0.05) is 42.1 Å². The molecule has 0 amide bonds. The van der Waals surface area contributed by atoms with Gasteiger partial charge in [-0.25, -0.2) is 0 Å². The Kier molecular flexibility index (Phi) is 3.37. The number of rotatable bonds is 1. The summed E-state index contributed by atoms with van der Waals surface area (Å²) in [6.45, 7) is 0. The van der Waals surface area contributed by atoms with Crippen LogP contribution in [-0.4, -0.2) is 5.78 Å². The van der Waals surface area contributed by atoms with Crippen molar-refractivity contribution in [1.29, 1.82) is 0 Å². The van der Waals surface area contributed by atoms with E-state index in [0.29, 0.717) is 10.5 Å². The van der Waals surface area contributed by atoms with Crippen LogP contribution in [0.1, 0.15) is 21.5 Å². The first-order valence-corrected chi connectivity index (χ1v) is 6.98. The Hall–Kier alpha value is -2.01. The van der Waals surface area contributed by atoms with Crippen LogP contribution >= 0.6 is 11.8 Å². The minimum Gasteiger partial charge on any atom is -0.288 e. The molecule has 1 heterocycles. The van der Waals surface area contributed by atoms with Gasteiger partial charge >= 0.3 is 6.18 Å². The Morgan fingerprint density at radius 1 is 0.952 bits per heavy atom. The molecule has 0 bridgehead atoms.